The van der Waals surface area contributed by atoms with Crippen LogP contribution in [0, 0.1) is 0 Å². The Morgan fingerprint density at radius 2 is 1.75 bits per heavy atom. The molecule has 0 heterocycles. The molecule has 1 heteroatoms. The van der Waals surface area contributed by atoms with Gasteiger partial charge in [0.1, 0.15) is 0 Å². The summed E-state index contributed by atoms with van der Waals surface area (Å²) < 4.78 is 0. The SMILES string of the molecule is C=CCc1c(Cl)cccc1-c1ccccc1. The van der Waals surface area contributed by atoms with Gasteiger partial charge in [-0.05, 0) is 29.2 Å². The Kier molecular flexibility index (Phi) is 3.43. The van der Waals surface area contributed by atoms with Crippen molar-refractivity contribution in [1.82, 2.24) is 0 Å². The van der Waals surface area contributed by atoms with Crippen molar-refractivity contribution in [2.24, 2.45) is 0 Å². The van der Waals surface area contributed by atoms with Crippen LogP contribution in [0.25, 0.3) is 11.1 Å². The first-order chi connectivity index (χ1) is 7.83. The molecule has 80 valence electrons. The van der Waals surface area contributed by atoms with E-state index in [0.29, 0.717) is 0 Å². The summed E-state index contributed by atoms with van der Waals surface area (Å²) in [6.07, 6.45) is 2.68. The Labute approximate surface area is 101 Å². The highest BCUT2D eigenvalue weighted by atomic mass is 35.5. The summed E-state index contributed by atoms with van der Waals surface area (Å²) >= 11 is 6.21. The van der Waals surface area contributed by atoms with E-state index in [0.717, 1.165) is 17.0 Å². The van der Waals surface area contributed by atoms with Crippen LogP contribution >= 0.6 is 11.6 Å². The average Bonchev–Trinajstić information content (AvgIpc) is 2.33. The Morgan fingerprint density at radius 3 is 2.44 bits per heavy atom. The molecule has 0 amide bonds. The van der Waals surface area contributed by atoms with Crippen LogP contribution in [0.1, 0.15) is 5.56 Å². The largest absolute Gasteiger partial charge is 0.103 e. The normalized spacial score (nSPS) is 10.1. The molecule has 0 aliphatic carbocycles. The minimum Gasteiger partial charge on any atom is -0.103 e. The van der Waals surface area contributed by atoms with Crippen molar-refractivity contribution < 1.29 is 0 Å². The highest BCUT2D eigenvalue weighted by Crippen LogP contribution is 2.29. The lowest BCUT2D eigenvalue weighted by Gasteiger charge is -2.09. The first-order valence-electron chi connectivity index (χ1n) is 5.26. The molecular formula is C15H13Cl. The first-order valence-corrected chi connectivity index (χ1v) is 5.64. The number of allylic oxidation sites excluding steroid dienone is 1. The van der Waals surface area contributed by atoms with E-state index < -0.39 is 0 Å². The van der Waals surface area contributed by atoms with Gasteiger partial charge in [0.25, 0.3) is 0 Å². The van der Waals surface area contributed by atoms with Crippen LogP contribution in [0.2, 0.25) is 5.02 Å². The molecule has 0 unspecified atom stereocenters. The van der Waals surface area contributed by atoms with Crippen LogP contribution in [0.5, 0.6) is 0 Å². The molecule has 2 aromatic rings. The van der Waals surface area contributed by atoms with Crippen molar-refractivity contribution in [1.29, 1.82) is 0 Å². The molecule has 0 saturated carbocycles. The van der Waals surface area contributed by atoms with Crippen LogP contribution in [-0.4, -0.2) is 0 Å². The molecule has 0 aromatic heterocycles. The fourth-order valence-corrected chi connectivity index (χ4v) is 2.05. The number of rotatable bonds is 3. The molecule has 0 bridgehead atoms. The molecule has 0 nitrogen and oxygen atoms in total. The molecule has 0 spiro atoms. The van der Waals surface area contributed by atoms with Crippen LogP contribution in [0.15, 0.2) is 61.2 Å². The Hall–Kier alpha value is -1.53. The van der Waals surface area contributed by atoms with E-state index in [-0.39, 0.29) is 0 Å². The summed E-state index contributed by atoms with van der Waals surface area (Å²) in [5.41, 5.74) is 3.53. The number of hydrogen-bond donors (Lipinski definition) is 0. The maximum atomic E-state index is 6.21. The van der Waals surface area contributed by atoms with Gasteiger partial charge in [0.05, 0.1) is 0 Å². The second-order valence-electron chi connectivity index (χ2n) is 3.62. The molecule has 0 radical (unpaired) electrons. The zero-order valence-electron chi connectivity index (χ0n) is 8.99. The van der Waals surface area contributed by atoms with E-state index in [9.17, 15) is 0 Å². The van der Waals surface area contributed by atoms with Crippen molar-refractivity contribution in [2.45, 2.75) is 6.42 Å². The molecule has 2 rings (SSSR count). The van der Waals surface area contributed by atoms with Crippen molar-refractivity contribution in [3.63, 3.8) is 0 Å². The lowest BCUT2D eigenvalue weighted by molar-refractivity contribution is 1.28. The van der Waals surface area contributed by atoms with Crippen LogP contribution < -0.4 is 0 Å². The quantitative estimate of drug-likeness (QED) is 0.666. The maximum Gasteiger partial charge on any atom is 0.0447 e. The number of halogens is 1. The molecule has 0 aliphatic heterocycles. The summed E-state index contributed by atoms with van der Waals surface area (Å²) in [6, 6.07) is 16.3. The monoisotopic (exact) mass is 228 g/mol. The maximum absolute atomic E-state index is 6.21. The van der Waals surface area contributed by atoms with Gasteiger partial charge in [-0.1, -0.05) is 60.1 Å². The molecule has 0 N–H and O–H groups in total. The average molecular weight is 229 g/mol. The second kappa shape index (κ2) is 5.00. The third-order valence-electron chi connectivity index (χ3n) is 2.55. The summed E-state index contributed by atoms with van der Waals surface area (Å²) in [6.45, 7) is 3.77. The van der Waals surface area contributed by atoms with E-state index in [1.807, 2.05) is 36.4 Å². The zero-order chi connectivity index (χ0) is 11.4. The molecule has 0 saturated heterocycles. The standard InChI is InChI=1S/C15H13Cl/c1-2-7-14-13(10-6-11-15(14)16)12-8-4-3-5-9-12/h2-6,8-11H,1,7H2. The smallest absolute Gasteiger partial charge is 0.0447 e. The van der Waals surface area contributed by atoms with Gasteiger partial charge in [-0.3, -0.25) is 0 Å². The van der Waals surface area contributed by atoms with Gasteiger partial charge >= 0.3 is 0 Å². The van der Waals surface area contributed by atoms with Crippen molar-refractivity contribution in [3.05, 3.63) is 71.8 Å². The highest BCUT2D eigenvalue weighted by Gasteiger charge is 2.06. The van der Waals surface area contributed by atoms with E-state index in [1.54, 1.807) is 0 Å². The van der Waals surface area contributed by atoms with Crippen molar-refractivity contribution in [3.8, 4) is 11.1 Å². The van der Waals surface area contributed by atoms with Crippen LogP contribution in [0.3, 0.4) is 0 Å². The van der Waals surface area contributed by atoms with Gasteiger partial charge in [-0.2, -0.15) is 0 Å². The molecule has 0 atom stereocenters. The molecule has 2 aromatic carbocycles. The predicted octanol–water partition coefficient (Wildman–Crippen LogP) is 4.74. The van der Waals surface area contributed by atoms with Crippen molar-refractivity contribution in [2.75, 3.05) is 0 Å². The number of hydrogen-bond acceptors (Lipinski definition) is 0. The molecule has 16 heavy (non-hydrogen) atoms. The summed E-state index contributed by atoms with van der Waals surface area (Å²) in [4.78, 5) is 0. The van der Waals surface area contributed by atoms with Gasteiger partial charge < -0.3 is 0 Å². The Morgan fingerprint density at radius 1 is 1.00 bits per heavy atom. The van der Waals surface area contributed by atoms with Crippen LogP contribution in [-0.2, 0) is 6.42 Å². The third-order valence-corrected chi connectivity index (χ3v) is 2.91. The summed E-state index contributed by atoms with van der Waals surface area (Å²) in [5.74, 6) is 0. The van der Waals surface area contributed by atoms with Gasteiger partial charge in [0.2, 0.25) is 0 Å². The fourth-order valence-electron chi connectivity index (χ4n) is 1.80. The van der Waals surface area contributed by atoms with Crippen LogP contribution in [0.4, 0.5) is 0 Å². The van der Waals surface area contributed by atoms with E-state index in [4.69, 9.17) is 11.6 Å². The molecule has 0 aliphatic rings. The van der Waals surface area contributed by atoms with Crippen molar-refractivity contribution >= 4 is 11.6 Å². The fraction of sp³-hybridized carbons (Fsp3) is 0.0667. The topological polar surface area (TPSA) is 0 Å². The van der Waals surface area contributed by atoms with E-state index >= 15 is 0 Å². The Balaban J connectivity index is 2.56. The van der Waals surface area contributed by atoms with E-state index in [2.05, 4.69) is 24.8 Å². The highest BCUT2D eigenvalue weighted by molar-refractivity contribution is 6.31. The molecule has 0 fully saturated rings. The zero-order valence-corrected chi connectivity index (χ0v) is 9.74. The Bertz CT molecular complexity index is 486. The lowest BCUT2D eigenvalue weighted by atomic mass is 9.98. The van der Waals surface area contributed by atoms with E-state index in [1.165, 1.54) is 11.1 Å². The van der Waals surface area contributed by atoms with Gasteiger partial charge in [0, 0.05) is 5.02 Å². The summed E-state index contributed by atoms with van der Waals surface area (Å²) in [5, 5.41) is 0.807. The number of benzene rings is 2. The van der Waals surface area contributed by atoms with Gasteiger partial charge in [-0.15, -0.1) is 6.58 Å². The third kappa shape index (κ3) is 2.17. The van der Waals surface area contributed by atoms with Gasteiger partial charge in [-0.25, -0.2) is 0 Å². The minimum absolute atomic E-state index is 0.796. The summed E-state index contributed by atoms with van der Waals surface area (Å²) in [7, 11) is 0. The lowest BCUT2D eigenvalue weighted by Crippen LogP contribution is -1.89. The second-order valence-corrected chi connectivity index (χ2v) is 4.03. The first kappa shape index (κ1) is 11.0. The predicted molar refractivity (Wildman–Crippen MR) is 70.8 cm³/mol. The minimum atomic E-state index is 0.796. The van der Waals surface area contributed by atoms with Gasteiger partial charge in [0.15, 0.2) is 0 Å². The molecular weight excluding hydrogens is 216 g/mol.